The quantitative estimate of drug-likeness (QED) is 0.814. The van der Waals surface area contributed by atoms with Crippen LogP contribution in [-0.4, -0.2) is 24.5 Å². The van der Waals surface area contributed by atoms with E-state index in [1.165, 1.54) is 0 Å². The fraction of sp³-hybridized carbons (Fsp3) is 0.385. The molecule has 0 atom stereocenters. The van der Waals surface area contributed by atoms with Crippen LogP contribution in [0.4, 0.5) is 11.4 Å². The van der Waals surface area contributed by atoms with E-state index in [-0.39, 0.29) is 18.0 Å². The lowest BCUT2D eigenvalue weighted by Crippen LogP contribution is -2.54. The summed E-state index contributed by atoms with van der Waals surface area (Å²) < 4.78 is 0. The van der Waals surface area contributed by atoms with Crippen molar-refractivity contribution in [3.05, 3.63) is 23.8 Å². The van der Waals surface area contributed by atoms with Crippen LogP contribution < -0.4 is 16.0 Å². The summed E-state index contributed by atoms with van der Waals surface area (Å²) in [4.78, 5) is 13.7. The van der Waals surface area contributed by atoms with Gasteiger partial charge in [-0.2, -0.15) is 5.26 Å². The molecule has 18 heavy (non-hydrogen) atoms. The number of nitrogens with one attached hydrogen (secondary N) is 1. The van der Waals surface area contributed by atoms with Crippen LogP contribution in [0.15, 0.2) is 18.2 Å². The van der Waals surface area contributed by atoms with Gasteiger partial charge in [0, 0.05) is 12.1 Å². The van der Waals surface area contributed by atoms with Crippen LogP contribution >= 0.6 is 0 Å². The van der Waals surface area contributed by atoms with E-state index in [0.29, 0.717) is 17.8 Å². The Hall–Kier alpha value is -2.06. The fourth-order valence-electron chi connectivity index (χ4n) is 2.01. The van der Waals surface area contributed by atoms with Gasteiger partial charge in [0.2, 0.25) is 5.91 Å². The van der Waals surface area contributed by atoms with Crippen LogP contribution in [0.25, 0.3) is 0 Å². The van der Waals surface area contributed by atoms with Crippen molar-refractivity contribution in [1.82, 2.24) is 0 Å². The molecule has 0 saturated heterocycles. The summed E-state index contributed by atoms with van der Waals surface area (Å²) in [6.45, 7) is 4.71. The molecular formula is C13H16N4O. The number of amides is 1. The molecule has 0 bridgehead atoms. The molecule has 0 radical (unpaired) electrons. The number of benzene rings is 1. The molecule has 1 aromatic rings. The predicted octanol–water partition coefficient (Wildman–Crippen LogP) is 1.05. The maximum atomic E-state index is 11.7. The normalized spacial score (nSPS) is 14.8. The summed E-state index contributed by atoms with van der Waals surface area (Å²) in [6, 6.07) is 7.35. The first-order chi connectivity index (χ1) is 8.47. The molecular weight excluding hydrogens is 228 g/mol. The Morgan fingerprint density at radius 1 is 1.56 bits per heavy atom. The summed E-state index contributed by atoms with van der Waals surface area (Å²) in [7, 11) is 0. The second kappa shape index (κ2) is 4.31. The first-order valence-electron chi connectivity index (χ1n) is 5.79. The maximum Gasteiger partial charge on any atom is 0.243 e. The van der Waals surface area contributed by atoms with Gasteiger partial charge in [-0.05, 0) is 32.0 Å². The second-order valence-corrected chi connectivity index (χ2v) is 4.99. The van der Waals surface area contributed by atoms with Crippen molar-refractivity contribution in [2.24, 2.45) is 5.73 Å². The van der Waals surface area contributed by atoms with Gasteiger partial charge in [0.05, 0.1) is 29.6 Å². The number of hydrogen-bond donors (Lipinski definition) is 2. The summed E-state index contributed by atoms with van der Waals surface area (Å²) in [5, 5.41) is 11.7. The molecule has 2 rings (SSSR count). The lowest BCUT2D eigenvalue weighted by atomic mass is 9.99. The Labute approximate surface area is 106 Å². The van der Waals surface area contributed by atoms with Crippen LogP contribution in [0.2, 0.25) is 0 Å². The van der Waals surface area contributed by atoms with Crippen molar-refractivity contribution < 1.29 is 4.79 Å². The smallest absolute Gasteiger partial charge is 0.243 e. The largest absolute Gasteiger partial charge is 0.354 e. The van der Waals surface area contributed by atoms with Gasteiger partial charge in [-0.25, -0.2) is 0 Å². The van der Waals surface area contributed by atoms with Gasteiger partial charge in [-0.1, -0.05) is 0 Å². The van der Waals surface area contributed by atoms with Crippen LogP contribution in [0.5, 0.6) is 0 Å². The third-order valence-corrected chi connectivity index (χ3v) is 3.22. The minimum Gasteiger partial charge on any atom is -0.354 e. The minimum absolute atomic E-state index is 0.0842. The standard InChI is InChI=1S/C13H16N4O/c1-13(2,8-15)17-7-12(18)16-10-5-9(6-14)3-4-11(10)17/h3-5H,7-8,15H2,1-2H3,(H,16,18). The van der Waals surface area contributed by atoms with E-state index in [0.717, 1.165) is 5.69 Å². The number of rotatable bonds is 2. The molecule has 0 spiro atoms. The number of nitrogens with two attached hydrogens (primary N) is 1. The Morgan fingerprint density at radius 3 is 2.89 bits per heavy atom. The average molecular weight is 244 g/mol. The van der Waals surface area contributed by atoms with E-state index in [1.807, 2.05) is 24.8 Å². The lowest BCUT2D eigenvalue weighted by Gasteiger charge is -2.42. The van der Waals surface area contributed by atoms with Gasteiger partial charge in [0.25, 0.3) is 0 Å². The molecule has 1 heterocycles. The molecule has 0 fully saturated rings. The first kappa shape index (κ1) is 12.4. The molecule has 1 aliphatic rings. The molecule has 3 N–H and O–H groups in total. The van der Waals surface area contributed by atoms with E-state index < -0.39 is 0 Å². The van der Waals surface area contributed by atoms with Gasteiger partial charge in [-0.3, -0.25) is 4.79 Å². The van der Waals surface area contributed by atoms with Crippen LogP contribution in [0.1, 0.15) is 19.4 Å². The SMILES string of the molecule is CC(C)(CN)N1CC(=O)Nc2cc(C#N)ccc21. The number of carbonyl (C=O) groups excluding carboxylic acids is 1. The monoisotopic (exact) mass is 244 g/mol. The molecule has 1 amide bonds. The molecule has 5 heteroatoms. The predicted molar refractivity (Wildman–Crippen MR) is 70.3 cm³/mol. The van der Waals surface area contributed by atoms with Gasteiger partial charge in [0.1, 0.15) is 0 Å². The molecule has 94 valence electrons. The number of carbonyl (C=O) groups is 1. The number of fused-ring (bicyclic) bond motifs is 1. The van der Waals surface area contributed by atoms with Gasteiger partial charge < -0.3 is 16.0 Å². The maximum absolute atomic E-state index is 11.7. The van der Waals surface area contributed by atoms with Gasteiger partial charge >= 0.3 is 0 Å². The molecule has 0 aliphatic carbocycles. The Kier molecular flexibility index (Phi) is 2.97. The fourth-order valence-corrected chi connectivity index (χ4v) is 2.01. The van der Waals surface area contributed by atoms with E-state index >= 15 is 0 Å². The number of anilines is 2. The molecule has 0 aromatic heterocycles. The third-order valence-electron chi connectivity index (χ3n) is 3.22. The number of nitriles is 1. The molecule has 1 aliphatic heterocycles. The van der Waals surface area contributed by atoms with Crippen molar-refractivity contribution in [2.75, 3.05) is 23.3 Å². The summed E-state index contributed by atoms with van der Waals surface area (Å²) in [5.74, 6) is -0.0842. The van der Waals surface area contributed by atoms with Crippen molar-refractivity contribution in [3.63, 3.8) is 0 Å². The number of nitrogens with zero attached hydrogens (tertiary/aromatic N) is 2. The molecule has 5 nitrogen and oxygen atoms in total. The zero-order chi connectivity index (χ0) is 13.3. The average Bonchev–Trinajstić information content (AvgIpc) is 2.36. The third kappa shape index (κ3) is 2.03. The Bertz CT molecular complexity index is 530. The lowest BCUT2D eigenvalue weighted by molar-refractivity contribution is -0.115. The van der Waals surface area contributed by atoms with Crippen molar-refractivity contribution in [3.8, 4) is 6.07 Å². The van der Waals surface area contributed by atoms with Crippen molar-refractivity contribution in [2.45, 2.75) is 19.4 Å². The Morgan fingerprint density at radius 2 is 2.28 bits per heavy atom. The highest BCUT2D eigenvalue weighted by Gasteiger charge is 2.32. The zero-order valence-corrected chi connectivity index (χ0v) is 10.5. The van der Waals surface area contributed by atoms with E-state index in [1.54, 1.807) is 12.1 Å². The summed E-state index contributed by atoms with van der Waals surface area (Å²) in [6.07, 6.45) is 0. The summed E-state index contributed by atoms with van der Waals surface area (Å²) >= 11 is 0. The molecule has 0 saturated carbocycles. The van der Waals surface area contributed by atoms with E-state index in [9.17, 15) is 4.79 Å². The van der Waals surface area contributed by atoms with E-state index in [2.05, 4.69) is 11.4 Å². The molecule has 1 aromatic carbocycles. The Balaban J connectivity index is 2.50. The highest BCUT2D eigenvalue weighted by atomic mass is 16.2. The van der Waals surface area contributed by atoms with Crippen LogP contribution in [0.3, 0.4) is 0 Å². The van der Waals surface area contributed by atoms with Gasteiger partial charge in [-0.15, -0.1) is 0 Å². The van der Waals surface area contributed by atoms with Crippen molar-refractivity contribution in [1.29, 1.82) is 5.26 Å². The van der Waals surface area contributed by atoms with Gasteiger partial charge in [0.15, 0.2) is 0 Å². The topological polar surface area (TPSA) is 82.2 Å². The van der Waals surface area contributed by atoms with Crippen LogP contribution in [0, 0.1) is 11.3 Å². The van der Waals surface area contributed by atoms with E-state index in [4.69, 9.17) is 11.0 Å². The highest BCUT2D eigenvalue weighted by Crippen LogP contribution is 2.34. The minimum atomic E-state index is -0.305. The van der Waals surface area contributed by atoms with Crippen molar-refractivity contribution >= 4 is 17.3 Å². The highest BCUT2D eigenvalue weighted by molar-refractivity contribution is 6.01. The number of hydrogen-bond acceptors (Lipinski definition) is 4. The first-order valence-corrected chi connectivity index (χ1v) is 5.79. The second-order valence-electron chi connectivity index (χ2n) is 4.99. The summed E-state index contributed by atoms with van der Waals surface area (Å²) in [5.41, 5.74) is 7.57. The van der Waals surface area contributed by atoms with Crippen LogP contribution in [-0.2, 0) is 4.79 Å². The zero-order valence-electron chi connectivity index (χ0n) is 10.5. The molecule has 0 unspecified atom stereocenters.